The van der Waals surface area contributed by atoms with Crippen molar-refractivity contribution >= 4 is 44.5 Å². The van der Waals surface area contributed by atoms with Crippen LogP contribution in [-0.4, -0.2) is 48.7 Å². The number of thioether (sulfide) groups is 1. The van der Waals surface area contributed by atoms with Crippen LogP contribution in [0.4, 0.5) is 5.69 Å². The number of amides is 2. The van der Waals surface area contributed by atoms with Crippen LogP contribution in [0.15, 0.2) is 57.8 Å². The van der Waals surface area contributed by atoms with Gasteiger partial charge in [-0.2, -0.15) is 8.42 Å². The summed E-state index contributed by atoms with van der Waals surface area (Å²) in [6.45, 7) is 1.87. The molecule has 10 heteroatoms. The lowest BCUT2D eigenvalue weighted by molar-refractivity contribution is -0.130. The molecule has 2 aromatic rings. The molecule has 186 valence electrons. The van der Waals surface area contributed by atoms with Crippen molar-refractivity contribution < 1.29 is 22.7 Å². The number of ether oxygens (including phenoxy) is 1. The summed E-state index contributed by atoms with van der Waals surface area (Å²) in [5, 5.41) is 2.20. The van der Waals surface area contributed by atoms with E-state index in [1.54, 1.807) is 43.5 Å². The molecular weight excluding hydrogens is 486 g/mol. The number of methoxy groups -OCH3 is 1. The number of nitrogens with zero attached hydrogens (tertiary/aromatic N) is 2. The van der Waals surface area contributed by atoms with Crippen molar-refractivity contribution in [3.63, 3.8) is 0 Å². The molecule has 2 fully saturated rings. The topological polar surface area (TPSA) is 105 Å². The number of carbonyl (C=O) groups excluding carboxylic acids is 2. The maximum atomic E-state index is 13.4. The maximum absolute atomic E-state index is 13.4. The monoisotopic (exact) mass is 515 g/mol. The van der Waals surface area contributed by atoms with Gasteiger partial charge in [-0.05, 0) is 44.0 Å². The zero-order chi connectivity index (χ0) is 25.0. The quantitative estimate of drug-likeness (QED) is 0.588. The average Bonchev–Trinajstić information content (AvgIpc) is 3.13. The van der Waals surface area contributed by atoms with Crippen molar-refractivity contribution in [1.82, 2.24) is 4.90 Å². The Balaban J connectivity index is 1.56. The molecule has 0 bridgehead atoms. The first-order chi connectivity index (χ1) is 16.8. The summed E-state index contributed by atoms with van der Waals surface area (Å²) in [4.78, 5) is 27.7. The highest BCUT2D eigenvalue weighted by atomic mass is 32.2. The Morgan fingerprint density at radius 1 is 1.14 bits per heavy atom. The summed E-state index contributed by atoms with van der Waals surface area (Å²) >= 11 is 1.05. The van der Waals surface area contributed by atoms with Gasteiger partial charge in [-0.25, -0.2) is 0 Å². The molecule has 1 saturated carbocycles. The van der Waals surface area contributed by atoms with Gasteiger partial charge in [-0.1, -0.05) is 54.8 Å². The maximum Gasteiger partial charge on any atom is 0.284 e. The molecule has 1 heterocycles. The number of aryl methyl sites for hydroxylation is 1. The third-order valence-corrected chi connectivity index (χ3v) is 8.70. The van der Waals surface area contributed by atoms with Crippen LogP contribution in [0.1, 0.15) is 44.1 Å². The molecule has 2 aromatic carbocycles. The molecular formula is C25H29N3O5S2. The fourth-order valence-electron chi connectivity index (χ4n) is 4.30. The normalized spacial score (nSPS) is 20.3. The zero-order valence-corrected chi connectivity index (χ0v) is 21.4. The Hall–Kier alpha value is -2.85. The Morgan fingerprint density at radius 3 is 2.54 bits per heavy atom. The Bertz CT molecular complexity index is 1220. The first-order valence-corrected chi connectivity index (χ1v) is 13.9. The van der Waals surface area contributed by atoms with E-state index in [0.29, 0.717) is 11.4 Å². The smallest absolute Gasteiger partial charge is 0.284 e. The molecule has 1 aliphatic heterocycles. The van der Waals surface area contributed by atoms with Crippen LogP contribution in [0.25, 0.3) is 0 Å². The highest BCUT2D eigenvalue weighted by molar-refractivity contribution is 8.16. The summed E-state index contributed by atoms with van der Waals surface area (Å²) in [5.74, 6) is 0.00390. The van der Waals surface area contributed by atoms with Gasteiger partial charge in [0.2, 0.25) is 11.8 Å². The van der Waals surface area contributed by atoms with E-state index in [1.807, 2.05) is 6.92 Å². The Morgan fingerprint density at radius 2 is 1.86 bits per heavy atom. The molecule has 1 unspecified atom stereocenters. The van der Waals surface area contributed by atoms with E-state index in [9.17, 15) is 18.0 Å². The number of sulfonamides is 1. The summed E-state index contributed by atoms with van der Waals surface area (Å²) in [6, 6.07) is 13.3. The van der Waals surface area contributed by atoms with Crippen LogP contribution in [0.3, 0.4) is 0 Å². The third kappa shape index (κ3) is 6.05. The first kappa shape index (κ1) is 25.2. The van der Waals surface area contributed by atoms with Crippen LogP contribution in [0.2, 0.25) is 0 Å². The van der Waals surface area contributed by atoms with E-state index in [-0.39, 0.29) is 34.3 Å². The second-order valence-electron chi connectivity index (χ2n) is 8.75. The molecule has 1 saturated heterocycles. The van der Waals surface area contributed by atoms with Crippen molar-refractivity contribution in [2.24, 2.45) is 4.40 Å². The molecule has 0 aromatic heterocycles. The number of nitrogens with one attached hydrogen (secondary N) is 1. The molecule has 1 N–H and O–H groups in total. The molecule has 35 heavy (non-hydrogen) atoms. The number of anilines is 1. The molecule has 1 atom stereocenters. The lowest BCUT2D eigenvalue weighted by atomic mass is 9.94. The molecule has 0 spiro atoms. The van der Waals surface area contributed by atoms with Crippen molar-refractivity contribution in [2.45, 2.75) is 61.6 Å². The van der Waals surface area contributed by atoms with Gasteiger partial charge in [0.05, 0.1) is 12.0 Å². The number of hydrogen-bond acceptors (Lipinski definition) is 6. The molecule has 2 aliphatic rings. The van der Waals surface area contributed by atoms with E-state index < -0.39 is 15.3 Å². The molecule has 2 amide bonds. The predicted molar refractivity (Wildman–Crippen MR) is 137 cm³/mol. The lowest BCUT2D eigenvalue weighted by Crippen LogP contribution is -2.42. The number of carbonyl (C=O) groups is 2. The number of amidine groups is 1. The van der Waals surface area contributed by atoms with Crippen LogP contribution >= 0.6 is 11.8 Å². The van der Waals surface area contributed by atoms with Gasteiger partial charge in [0, 0.05) is 24.2 Å². The first-order valence-electron chi connectivity index (χ1n) is 11.6. The van der Waals surface area contributed by atoms with Crippen molar-refractivity contribution in [3.05, 3.63) is 54.1 Å². The van der Waals surface area contributed by atoms with Crippen LogP contribution in [0.5, 0.6) is 5.75 Å². The van der Waals surface area contributed by atoms with Gasteiger partial charge < -0.3 is 10.1 Å². The van der Waals surface area contributed by atoms with Crippen LogP contribution < -0.4 is 10.1 Å². The fraction of sp³-hybridized carbons (Fsp3) is 0.400. The minimum Gasteiger partial charge on any atom is -0.497 e. The van der Waals surface area contributed by atoms with Crippen molar-refractivity contribution in [1.29, 1.82) is 0 Å². The number of rotatable bonds is 7. The minimum absolute atomic E-state index is 0.0754. The molecule has 0 radical (unpaired) electrons. The van der Waals surface area contributed by atoms with Gasteiger partial charge >= 0.3 is 0 Å². The van der Waals surface area contributed by atoms with Crippen LogP contribution in [-0.2, 0) is 19.6 Å². The van der Waals surface area contributed by atoms with Crippen LogP contribution in [0, 0.1) is 6.92 Å². The van der Waals surface area contributed by atoms with Gasteiger partial charge in [-0.15, -0.1) is 4.40 Å². The van der Waals surface area contributed by atoms with E-state index in [4.69, 9.17) is 4.74 Å². The zero-order valence-electron chi connectivity index (χ0n) is 19.8. The largest absolute Gasteiger partial charge is 0.497 e. The second-order valence-corrected chi connectivity index (χ2v) is 11.5. The van der Waals surface area contributed by atoms with E-state index >= 15 is 0 Å². The highest BCUT2D eigenvalue weighted by Crippen LogP contribution is 2.36. The SMILES string of the molecule is COc1cccc(NC(=O)CC2S/C(=N/S(=O)(=O)c3ccc(C)cc3)N(C3CCCCC3)C2=O)c1. The van der Waals surface area contributed by atoms with E-state index in [0.717, 1.165) is 49.4 Å². The molecule has 8 nitrogen and oxygen atoms in total. The van der Waals surface area contributed by atoms with E-state index in [2.05, 4.69) is 9.71 Å². The van der Waals surface area contributed by atoms with Gasteiger partial charge in [-0.3, -0.25) is 14.5 Å². The van der Waals surface area contributed by atoms with Crippen molar-refractivity contribution in [2.75, 3.05) is 12.4 Å². The van der Waals surface area contributed by atoms with Gasteiger partial charge in [0.1, 0.15) is 11.0 Å². The standard InChI is InChI=1S/C25H29N3O5S2/c1-17-11-13-21(14-12-17)35(31,32)27-25-28(19-8-4-3-5-9-19)24(30)22(34-25)16-23(29)26-18-7-6-10-20(15-18)33-2/h6-7,10-15,19,22H,3-5,8-9,16H2,1-2H3,(H,26,29)/b27-25+. The number of hydrogen-bond donors (Lipinski definition) is 1. The molecule has 4 rings (SSSR count). The third-order valence-electron chi connectivity index (χ3n) is 6.15. The summed E-state index contributed by atoms with van der Waals surface area (Å²) in [6.07, 6.45) is 4.52. The van der Waals surface area contributed by atoms with Crippen molar-refractivity contribution in [3.8, 4) is 5.75 Å². The Kier molecular flexibility index (Phi) is 7.81. The average molecular weight is 516 g/mol. The summed E-state index contributed by atoms with van der Waals surface area (Å²) in [7, 11) is -2.46. The highest BCUT2D eigenvalue weighted by Gasteiger charge is 2.43. The predicted octanol–water partition coefficient (Wildman–Crippen LogP) is 4.35. The molecule has 1 aliphatic carbocycles. The van der Waals surface area contributed by atoms with Gasteiger partial charge in [0.25, 0.3) is 10.0 Å². The fourth-order valence-corrected chi connectivity index (χ4v) is 6.70. The summed E-state index contributed by atoms with van der Waals surface area (Å²) < 4.78 is 35.3. The summed E-state index contributed by atoms with van der Waals surface area (Å²) in [5.41, 5.74) is 1.50. The van der Waals surface area contributed by atoms with Gasteiger partial charge in [0.15, 0.2) is 5.17 Å². The second kappa shape index (κ2) is 10.8. The Labute approximate surface area is 210 Å². The minimum atomic E-state index is -4.00. The van der Waals surface area contributed by atoms with E-state index in [1.165, 1.54) is 17.0 Å². The number of benzene rings is 2. The lowest BCUT2D eigenvalue weighted by Gasteiger charge is -2.30.